The fourth-order valence-corrected chi connectivity index (χ4v) is 2.50. The largest absolute Gasteiger partial charge is 0.480 e. The van der Waals surface area contributed by atoms with E-state index >= 15 is 0 Å². The van der Waals surface area contributed by atoms with Gasteiger partial charge in [-0.15, -0.1) is 0 Å². The Morgan fingerprint density at radius 1 is 1.45 bits per heavy atom. The Kier molecular flexibility index (Phi) is 7.32. The number of aliphatic hydroxyl groups excluding tert-OH is 1. The highest BCUT2D eigenvalue weighted by Crippen LogP contribution is 2.22. The van der Waals surface area contributed by atoms with Gasteiger partial charge in [-0.2, -0.15) is 0 Å². The number of carboxylic acids is 1. The molecule has 116 valence electrons. The molecule has 0 aromatic heterocycles. The lowest BCUT2D eigenvalue weighted by molar-refractivity contribution is -0.137. The fourth-order valence-electron chi connectivity index (χ4n) is 2.50. The van der Waals surface area contributed by atoms with E-state index in [0.717, 1.165) is 19.3 Å². The van der Waals surface area contributed by atoms with Crippen molar-refractivity contribution in [3.05, 3.63) is 0 Å². The number of hydrogen-bond acceptors (Lipinski definition) is 4. The van der Waals surface area contributed by atoms with Crippen molar-refractivity contribution in [1.29, 1.82) is 0 Å². The molecule has 0 bridgehead atoms. The summed E-state index contributed by atoms with van der Waals surface area (Å²) in [5.74, 6) is -1.03. The molecule has 7 nitrogen and oxygen atoms in total. The predicted octanol–water partition coefficient (Wildman–Crippen LogP) is 0.376. The number of aliphatic carboxylic acids is 1. The molecular formula is C13H24N2O5. The van der Waals surface area contributed by atoms with Gasteiger partial charge in [-0.25, -0.2) is 4.79 Å². The highest BCUT2D eigenvalue weighted by molar-refractivity contribution is 5.80. The topological polar surface area (TPSA) is 90.3 Å². The Morgan fingerprint density at radius 2 is 2.20 bits per heavy atom. The number of aliphatic hydroxyl groups is 1. The molecule has 0 aromatic rings. The highest BCUT2D eigenvalue weighted by Gasteiger charge is 2.31. The average Bonchev–Trinajstić information content (AvgIpc) is 2.88. The van der Waals surface area contributed by atoms with Gasteiger partial charge in [0.1, 0.15) is 6.54 Å². The Balaban J connectivity index is 2.63. The first-order valence-corrected chi connectivity index (χ1v) is 6.97. The van der Waals surface area contributed by atoms with Crippen molar-refractivity contribution >= 4 is 12.0 Å². The predicted molar refractivity (Wildman–Crippen MR) is 72.5 cm³/mol. The minimum Gasteiger partial charge on any atom is -0.480 e. The summed E-state index contributed by atoms with van der Waals surface area (Å²) in [7, 11) is 1.52. The summed E-state index contributed by atoms with van der Waals surface area (Å²) in [6, 6.07) is -0.140. The van der Waals surface area contributed by atoms with Gasteiger partial charge < -0.3 is 24.7 Å². The monoisotopic (exact) mass is 288 g/mol. The third-order valence-electron chi connectivity index (χ3n) is 3.48. The molecule has 0 spiro atoms. The van der Waals surface area contributed by atoms with E-state index in [2.05, 4.69) is 0 Å². The summed E-state index contributed by atoms with van der Waals surface area (Å²) in [4.78, 5) is 26.3. The number of likely N-dealkylation sites (tertiary alicyclic amines) is 1. The van der Waals surface area contributed by atoms with Crippen molar-refractivity contribution in [2.45, 2.75) is 31.7 Å². The Bertz CT molecular complexity index is 324. The first-order chi connectivity index (χ1) is 9.60. The summed E-state index contributed by atoms with van der Waals surface area (Å²) in [5, 5.41) is 17.8. The van der Waals surface area contributed by atoms with Crippen LogP contribution in [0.15, 0.2) is 0 Å². The molecule has 1 aliphatic rings. The number of urea groups is 1. The van der Waals surface area contributed by atoms with Gasteiger partial charge in [0.25, 0.3) is 0 Å². The van der Waals surface area contributed by atoms with Gasteiger partial charge in [-0.05, 0) is 25.7 Å². The van der Waals surface area contributed by atoms with Crippen LogP contribution in [0.5, 0.6) is 0 Å². The second kappa shape index (κ2) is 8.76. The smallest absolute Gasteiger partial charge is 0.323 e. The summed E-state index contributed by atoms with van der Waals surface area (Å²) in [6.45, 7) is 1.03. The second-order valence-electron chi connectivity index (χ2n) is 4.95. The number of nitrogens with zero attached hydrogens (tertiary/aromatic N) is 2. The van der Waals surface area contributed by atoms with Crippen LogP contribution < -0.4 is 0 Å². The van der Waals surface area contributed by atoms with Crippen molar-refractivity contribution in [3.63, 3.8) is 0 Å². The second-order valence-corrected chi connectivity index (χ2v) is 4.95. The Morgan fingerprint density at radius 3 is 2.80 bits per heavy atom. The number of methoxy groups -OCH3 is 1. The van der Waals surface area contributed by atoms with Crippen molar-refractivity contribution < 1.29 is 24.5 Å². The minimum atomic E-state index is -1.03. The van der Waals surface area contributed by atoms with Gasteiger partial charge >= 0.3 is 12.0 Å². The van der Waals surface area contributed by atoms with Gasteiger partial charge in [0.15, 0.2) is 0 Å². The van der Waals surface area contributed by atoms with E-state index in [9.17, 15) is 9.59 Å². The lowest BCUT2D eigenvalue weighted by Crippen LogP contribution is -2.48. The van der Waals surface area contributed by atoms with Crippen molar-refractivity contribution in [2.24, 2.45) is 0 Å². The molecule has 1 unspecified atom stereocenters. The SMILES string of the molecule is COCCN(CC(=O)O)C(=O)N1CCCC1CCCO. The van der Waals surface area contributed by atoms with Crippen molar-refractivity contribution in [1.82, 2.24) is 9.80 Å². The Labute approximate surface area is 119 Å². The zero-order chi connectivity index (χ0) is 15.0. The van der Waals surface area contributed by atoms with Crippen LogP contribution in [0.4, 0.5) is 4.79 Å². The minimum absolute atomic E-state index is 0.105. The van der Waals surface area contributed by atoms with Crippen LogP contribution in [-0.2, 0) is 9.53 Å². The third kappa shape index (κ3) is 4.97. The van der Waals surface area contributed by atoms with E-state index in [1.807, 2.05) is 0 Å². The van der Waals surface area contributed by atoms with Crippen LogP contribution in [0.2, 0.25) is 0 Å². The number of hydrogen-bond donors (Lipinski definition) is 2. The number of ether oxygens (including phenoxy) is 1. The van der Waals surface area contributed by atoms with E-state index in [-0.39, 0.29) is 31.8 Å². The molecule has 0 aromatic carbocycles. The van der Waals surface area contributed by atoms with Crippen molar-refractivity contribution in [3.8, 4) is 0 Å². The number of amides is 2. The van der Waals surface area contributed by atoms with E-state index < -0.39 is 5.97 Å². The summed E-state index contributed by atoms with van der Waals surface area (Å²) in [6.07, 6.45) is 3.25. The van der Waals surface area contributed by atoms with Crippen LogP contribution in [-0.4, -0.2) is 78.0 Å². The van der Waals surface area contributed by atoms with E-state index in [1.165, 1.54) is 12.0 Å². The molecule has 1 fully saturated rings. The van der Waals surface area contributed by atoms with Crippen LogP contribution in [0, 0.1) is 0 Å². The van der Waals surface area contributed by atoms with Gasteiger partial charge in [-0.1, -0.05) is 0 Å². The van der Waals surface area contributed by atoms with Crippen LogP contribution in [0.25, 0.3) is 0 Å². The zero-order valence-electron chi connectivity index (χ0n) is 12.0. The lowest BCUT2D eigenvalue weighted by atomic mass is 10.1. The molecule has 2 amide bonds. The maximum absolute atomic E-state index is 12.4. The van der Waals surface area contributed by atoms with Crippen LogP contribution in [0.1, 0.15) is 25.7 Å². The third-order valence-corrected chi connectivity index (χ3v) is 3.48. The maximum Gasteiger partial charge on any atom is 0.323 e. The molecular weight excluding hydrogens is 264 g/mol. The molecule has 7 heteroatoms. The summed E-state index contributed by atoms with van der Waals surface area (Å²) >= 11 is 0. The molecule has 1 rings (SSSR count). The number of carbonyl (C=O) groups excluding carboxylic acids is 1. The van der Waals surface area contributed by atoms with Crippen LogP contribution in [0.3, 0.4) is 0 Å². The zero-order valence-corrected chi connectivity index (χ0v) is 12.0. The molecule has 1 atom stereocenters. The molecule has 20 heavy (non-hydrogen) atoms. The van der Waals surface area contributed by atoms with Gasteiger partial charge in [0.05, 0.1) is 6.61 Å². The molecule has 0 radical (unpaired) electrons. The molecule has 0 aliphatic carbocycles. The number of rotatable bonds is 8. The van der Waals surface area contributed by atoms with E-state index in [1.54, 1.807) is 4.90 Å². The fraction of sp³-hybridized carbons (Fsp3) is 0.846. The molecule has 2 N–H and O–H groups in total. The molecule has 0 saturated carbocycles. The molecule has 1 heterocycles. The summed E-state index contributed by atoms with van der Waals surface area (Å²) in [5.41, 5.74) is 0. The first kappa shape index (κ1) is 16.7. The van der Waals surface area contributed by atoms with E-state index in [0.29, 0.717) is 19.6 Å². The summed E-state index contributed by atoms with van der Waals surface area (Å²) < 4.78 is 4.92. The van der Waals surface area contributed by atoms with Gasteiger partial charge in [0.2, 0.25) is 0 Å². The standard InChI is InChI=1S/C13H24N2O5/c1-20-9-7-14(10-12(17)18)13(19)15-6-2-4-11(15)5-3-8-16/h11,16H,2-10H2,1H3,(H,17,18). The Hall–Kier alpha value is -1.34. The van der Waals surface area contributed by atoms with Gasteiger partial charge in [0, 0.05) is 32.8 Å². The highest BCUT2D eigenvalue weighted by atomic mass is 16.5. The molecule has 1 saturated heterocycles. The maximum atomic E-state index is 12.4. The normalized spacial score (nSPS) is 18.3. The van der Waals surface area contributed by atoms with E-state index in [4.69, 9.17) is 14.9 Å². The molecule has 1 aliphatic heterocycles. The quantitative estimate of drug-likeness (QED) is 0.673. The van der Waals surface area contributed by atoms with Crippen LogP contribution >= 0.6 is 0 Å². The number of carbonyl (C=O) groups is 2. The number of carboxylic acid groups (broad SMARTS) is 1. The van der Waals surface area contributed by atoms with Gasteiger partial charge in [-0.3, -0.25) is 4.79 Å². The lowest BCUT2D eigenvalue weighted by Gasteiger charge is -2.31. The average molecular weight is 288 g/mol. The first-order valence-electron chi connectivity index (χ1n) is 6.97. The van der Waals surface area contributed by atoms with Crippen molar-refractivity contribution in [2.75, 3.05) is 40.0 Å².